The highest BCUT2D eigenvalue weighted by Gasteiger charge is 2.41. The van der Waals surface area contributed by atoms with Gasteiger partial charge in [-0.25, -0.2) is 0 Å². The van der Waals surface area contributed by atoms with Crippen molar-refractivity contribution in [1.82, 2.24) is 10.2 Å². The summed E-state index contributed by atoms with van der Waals surface area (Å²) in [6.07, 6.45) is 6.54. The van der Waals surface area contributed by atoms with Crippen molar-refractivity contribution in [3.05, 3.63) is 29.8 Å². The highest BCUT2D eigenvalue weighted by atomic mass is 16.5. The second-order valence-corrected chi connectivity index (χ2v) is 6.05. The van der Waals surface area contributed by atoms with Crippen LogP contribution in [0.1, 0.15) is 43.7 Å². The first-order chi connectivity index (χ1) is 9.64. The fraction of sp³-hybridized carbons (Fsp3) is 0.647. The largest absolute Gasteiger partial charge is 0.497 e. The van der Waals surface area contributed by atoms with E-state index in [0.717, 1.165) is 5.75 Å². The second-order valence-electron chi connectivity index (χ2n) is 6.05. The molecule has 0 radical (unpaired) electrons. The van der Waals surface area contributed by atoms with E-state index < -0.39 is 0 Å². The third-order valence-corrected chi connectivity index (χ3v) is 4.89. The lowest BCUT2D eigenvalue weighted by Gasteiger charge is -2.48. The van der Waals surface area contributed by atoms with Crippen LogP contribution in [-0.4, -0.2) is 38.7 Å². The molecule has 1 fully saturated rings. The van der Waals surface area contributed by atoms with Gasteiger partial charge in [0.15, 0.2) is 0 Å². The van der Waals surface area contributed by atoms with Crippen LogP contribution in [0, 0.1) is 0 Å². The van der Waals surface area contributed by atoms with Gasteiger partial charge >= 0.3 is 0 Å². The first kappa shape index (κ1) is 15.3. The van der Waals surface area contributed by atoms with Crippen molar-refractivity contribution < 1.29 is 4.74 Å². The molecule has 0 aliphatic heterocycles. The average Bonchev–Trinajstić information content (AvgIpc) is 2.49. The Hall–Kier alpha value is -1.06. The van der Waals surface area contributed by atoms with Crippen molar-refractivity contribution in [2.24, 2.45) is 0 Å². The van der Waals surface area contributed by atoms with Crippen LogP contribution < -0.4 is 10.1 Å². The minimum Gasteiger partial charge on any atom is -0.497 e. The first-order valence-corrected chi connectivity index (χ1v) is 7.62. The SMILES string of the molecule is CNC(c1ccc(OC)cc1)C1(N(C)C)CCCCC1. The lowest BCUT2D eigenvalue weighted by Crippen LogP contribution is -2.54. The molecule has 0 heterocycles. The Morgan fingerprint density at radius 3 is 2.15 bits per heavy atom. The molecule has 1 saturated carbocycles. The Morgan fingerprint density at radius 2 is 1.70 bits per heavy atom. The van der Waals surface area contributed by atoms with Crippen molar-refractivity contribution in [2.45, 2.75) is 43.7 Å². The van der Waals surface area contributed by atoms with Gasteiger partial charge in [-0.2, -0.15) is 0 Å². The van der Waals surface area contributed by atoms with Gasteiger partial charge in [0.05, 0.1) is 13.2 Å². The zero-order valence-corrected chi connectivity index (χ0v) is 13.3. The van der Waals surface area contributed by atoms with E-state index in [0.29, 0.717) is 6.04 Å². The van der Waals surface area contributed by atoms with E-state index >= 15 is 0 Å². The molecule has 112 valence electrons. The van der Waals surface area contributed by atoms with E-state index in [1.807, 2.05) is 0 Å². The zero-order chi connectivity index (χ0) is 14.6. The van der Waals surface area contributed by atoms with Gasteiger partial charge in [-0.1, -0.05) is 31.4 Å². The summed E-state index contributed by atoms with van der Waals surface area (Å²) in [5, 5.41) is 3.57. The first-order valence-electron chi connectivity index (χ1n) is 7.62. The number of rotatable bonds is 5. The van der Waals surface area contributed by atoms with Crippen LogP contribution in [0.4, 0.5) is 0 Å². The van der Waals surface area contributed by atoms with Gasteiger partial charge < -0.3 is 15.0 Å². The maximum absolute atomic E-state index is 5.27. The van der Waals surface area contributed by atoms with Crippen molar-refractivity contribution in [3.8, 4) is 5.75 Å². The summed E-state index contributed by atoms with van der Waals surface area (Å²) in [6, 6.07) is 8.88. The average molecular weight is 276 g/mol. The molecule has 0 aromatic heterocycles. The van der Waals surface area contributed by atoms with Gasteiger partial charge in [0.25, 0.3) is 0 Å². The number of likely N-dealkylation sites (N-methyl/N-ethyl adjacent to an activating group) is 2. The Bertz CT molecular complexity index is 408. The van der Waals surface area contributed by atoms with E-state index in [9.17, 15) is 0 Å². The molecule has 1 unspecified atom stereocenters. The van der Waals surface area contributed by atoms with E-state index in [1.54, 1.807) is 7.11 Å². The maximum atomic E-state index is 5.27. The van der Waals surface area contributed by atoms with E-state index in [-0.39, 0.29) is 5.54 Å². The van der Waals surface area contributed by atoms with Gasteiger partial charge in [-0.05, 0) is 51.7 Å². The topological polar surface area (TPSA) is 24.5 Å². The van der Waals surface area contributed by atoms with E-state index in [2.05, 4.69) is 55.6 Å². The summed E-state index contributed by atoms with van der Waals surface area (Å²) in [7, 11) is 8.24. The molecular weight excluding hydrogens is 248 g/mol. The van der Waals surface area contributed by atoms with Crippen LogP contribution in [0.15, 0.2) is 24.3 Å². The fourth-order valence-corrected chi connectivity index (χ4v) is 3.70. The molecule has 0 spiro atoms. The van der Waals surface area contributed by atoms with Crippen LogP contribution >= 0.6 is 0 Å². The van der Waals surface area contributed by atoms with Gasteiger partial charge in [0.1, 0.15) is 5.75 Å². The second kappa shape index (κ2) is 6.59. The van der Waals surface area contributed by atoms with Gasteiger partial charge in [-0.15, -0.1) is 0 Å². The molecule has 1 aromatic rings. The van der Waals surface area contributed by atoms with Crippen LogP contribution in [0.25, 0.3) is 0 Å². The molecule has 1 aromatic carbocycles. The van der Waals surface area contributed by atoms with E-state index in [4.69, 9.17) is 4.74 Å². The molecule has 1 aliphatic carbocycles. The molecule has 3 nitrogen and oxygen atoms in total. The summed E-state index contributed by atoms with van der Waals surface area (Å²) in [5.41, 5.74) is 1.57. The summed E-state index contributed by atoms with van der Waals surface area (Å²) in [6.45, 7) is 0. The monoisotopic (exact) mass is 276 g/mol. The molecule has 0 saturated heterocycles. The van der Waals surface area contributed by atoms with Crippen molar-refractivity contribution in [2.75, 3.05) is 28.3 Å². The standard InChI is InChI=1S/C17H28N2O/c1-18-16(14-8-10-15(20-4)11-9-14)17(19(2)3)12-6-5-7-13-17/h8-11,16,18H,5-7,12-13H2,1-4H3. The molecule has 0 bridgehead atoms. The van der Waals surface area contributed by atoms with Crippen molar-refractivity contribution in [1.29, 1.82) is 0 Å². The minimum absolute atomic E-state index is 0.224. The lowest BCUT2D eigenvalue weighted by molar-refractivity contribution is 0.0594. The third-order valence-electron chi connectivity index (χ3n) is 4.89. The maximum Gasteiger partial charge on any atom is 0.118 e. The Morgan fingerprint density at radius 1 is 1.10 bits per heavy atom. The summed E-state index contributed by atoms with van der Waals surface area (Å²) >= 11 is 0. The van der Waals surface area contributed by atoms with Crippen molar-refractivity contribution >= 4 is 0 Å². The highest BCUT2D eigenvalue weighted by Crippen LogP contribution is 2.42. The lowest BCUT2D eigenvalue weighted by atomic mass is 9.73. The Labute approximate surface area is 123 Å². The molecule has 1 N–H and O–H groups in total. The minimum atomic E-state index is 0.224. The van der Waals surface area contributed by atoms with Gasteiger partial charge in [0, 0.05) is 5.54 Å². The zero-order valence-electron chi connectivity index (χ0n) is 13.3. The number of hydrogen-bond acceptors (Lipinski definition) is 3. The van der Waals surface area contributed by atoms with Crippen LogP contribution in [-0.2, 0) is 0 Å². The predicted molar refractivity (Wildman–Crippen MR) is 84.3 cm³/mol. The van der Waals surface area contributed by atoms with Crippen LogP contribution in [0.2, 0.25) is 0 Å². The predicted octanol–water partition coefficient (Wildman–Crippen LogP) is 3.22. The molecule has 3 heteroatoms. The molecule has 20 heavy (non-hydrogen) atoms. The number of hydrogen-bond donors (Lipinski definition) is 1. The molecule has 1 atom stereocenters. The van der Waals surface area contributed by atoms with Crippen molar-refractivity contribution in [3.63, 3.8) is 0 Å². The highest BCUT2D eigenvalue weighted by molar-refractivity contribution is 5.31. The van der Waals surface area contributed by atoms with Crippen LogP contribution in [0.5, 0.6) is 5.75 Å². The number of nitrogens with one attached hydrogen (secondary N) is 1. The third kappa shape index (κ3) is 2.84. The Balaban J connectivity index is 2.32. The smallest absolute Gasteiger partial charge is 0.118 e. The molecular formula is C17H28N2O. The summed E-state index contributed by atoms with van der Waals surface area (Å²) in [5.74, 6) is 0.922. The quantitative estimate of drug-likeness (QED) is 0.893. The fourth-order valence-electron chi connectivity index (χ4n) is 3.70. The summed E-state index contributed by atoms with van der Waals surface area (Å²) < 4.78 is 5.27. The number of ether oxygens (including phenoxy) is 1. The van der Waals surface area contributed by atoms with Gasteiger partial charge in [-0.3, -0.25) is 0 Å². The number of benzene rings is 1. The summed E-state index contributed by atoms with van der Waals surface area (Å²) in [4.78, 5) is 2.43. The van der Waals surface area contributed by atoms with E-state index in [1.165, 1.54) is 37.7 Å². The normalized spacial score (nSPS) is 19.9. The van der Waals surface area contributed by atoms with Gasteiger partial charge in [0.2, 0.25) is 0 Å². The Kier molecular flexibility index (Phi) is 5.06. The molecule has 0 amide bonds. The number of nitrogens with zero attached hydrogens (tertiary/aromatic N) is 1. The number of methoxy groups -OCH3 is 1. The molecule has 1 aliphatic rings. The molecule has 2 rings (SSSR count). The van der Waals surface area contributed by atoms with Crippen LogP contribution in [0.3, 0.4) is 0 Å².